The van der Waals surface area contributed by atoms with Gasteiger partial charge in [-0.25, -0.2) is 4.98 Å². The number of imidazole rings is 1. The second-order valence-corrected chi connectivity index (χ2v) is 6.00. The average Bonchev–Trinajstić information content (AvgIpc) is 3.07. The Balaban J connectivity index is 1.80. The molecular weight excluding hydrogens is 284 g/mol. The molecule has 21 heavy (non-hydrogen) atoms. The van der Waals surface area contributed by atoms with Crippen LogP contribution in [0, 0.1) is 0 Å². The van der Waals surface area contributed by atoms with Crippen LogP contribution in [-0.2, 0) is 12.3 Å². The number of aromatic amines is 1. The van der Waals surface area contributed by atoms with Crippen molar-refractivity contribution in [2.24, 2.45) is 5.73 Å². The molecule has 3 aromatic rings. The van der Waals surface area contributed by atoms with Crippen LogP contribution < -0.4 is 5.73 Å². The Morgan fingerprint density at radius 3 is 2.81 bits per heavy atom. The van der Waals surface area contributed by atoms with Crippen LogP contribution in [0.5, 0.6) is 0 Å². The number of thioether (sulfide) groups is 1. The second kappa shape index (κ2) is 5.87. The molecule has 0 amide bonds. The van der Waals surface area contributed by atoms with Gasteiger partial charge < -0.3 is 15.3 Å². The number of H-pyrrole nitrogens is 1. The molecule has 6 nitrogen and oxygen atoms in total. The highest BCUT2D eigenvalue weighted by atomic mass is 32.2. The number of nitrogens with two attached hydrogens (primary N) is 1. The van der Waals surface area contributed by atoms with E-state index in [9.17, 15) is 0 Å². The van der Waals surface area contributed by atoms with Crippen LogP contribution in [0.25, 0.3) is 11.0 Å². The number of rotatable bonds is 5. The number of fused-ring (bicyclic) bond motifs is 1. The molecule has 0 unspecified atom stereocenters. The summed E-state index contributed by atoms with van der Waals surface area (Å²) in [5, 5.41) is 9.26. The molecule has 0 saturated heterocycles. The Labute approximate surface area is 127 Å². The predicted octanol–water partition coefficient (Wildman–Crippen LogP) is 2.49. The average molecular weight is 302 g/mol. The van der Waals surface area contributed by atoms with Gasteiger partial charge in [-0.1, -0.05) is 23.9 Å². The Hall–Kier alpha value is -1.86. The molecule has 0 aliphatic rings. The highest BCUT2D eigenvalue weighted by Crippen LogP contribution is 2.24. The highest BCUT2D eigenvalue weighted by molar-refractivity contribution is 7.98. The van der Waals surface area contributed by atoms with Gasteiger partial charge >= 0.3 is 0 Å². The Morgan fingerprint density at radius 2 is 2.10 bits per heavy atom. The van der Waals surface area contributed by atoms with E-state index in [2.05, 4.69) is 38.6 Å². The zero-order chi connectivity index (χ0) is 14.8. The molecule has 0 aliphatic heterocycles. The molecule has 110 valence electrons. The van der Waals surface area contributed by atoms with E-state index in [-0.39, 0.29) is 6.04 Å². The van der Waals surface area contributed by atoms with E-state index < -0.39 is 0 Å². The minimum Gasteiger partial charge on any atom is -0.341 e. The summed E-state index contributed by atoms with van der Waals surface area (Å²) in [6.07, 6.45) is 0. The molecule has 0 radical (unpaired) electrons. The van der Waals surface area contributed by atoms with Crippen molar-refractivity contribution in [2.45, 2.75) is 37.3 Å². The summed E-state index contributed by atoms with van der Waals surface area (Å²) in [6.45, 7) is 4.61. The van der Waals surface area contributed by atoms with E-state index in [0.717, 1.165) is 33.6 Å². The van der Waals surface area contributed by atoms with E-state index >= 15 is 0 Å². The number of nitrogens with zero attached hydrogens (tertiary/aromatic N) is 4. The normalized spacial score (nSPS) is 11.6. The maximum absolute atomic E-state index is 5.71. The Kier molecular flexibility index (Phi) is 3.94. The summed E-state index contributed by atoms with van der Waals surface area (Å²) in [5.74, 6) is 2.48. The minimum absolute atomic E-state index is 0.289. The highest BCUT2D eigenvalue weighted by Gasteiger charge is 2.14. The molecule has 7 heteroatoms. The molecule has 0 fully saturated rings. The predicted molar refractivity (Wildman–Crippen MR) is 84.0 cm³/mol. The molecule has 3 N–H and O–H groups in total. The van der Waals surface area contributed by atoms with Crippen molar-refractivity contribution in [1.29, 1.82) is 0 Å². The van der Waals surface area contributed by atoms with Gasteiger partial charge in [0, 0.05) is 6.04 Å². The number of aromatic nitrogens is 5. The van der Waals surface area contributed by atoms with Gasteiger partial charge in [0.05, 0.1) is 23.3 Å². The lowest BCUT2D eigenvalue weighted by Gasteiger charge is -2.12. The number of para-hydroxylation sites is 2. The number of nitrogens with one attached hydrogen (secondary N) is 1. The van der Waals surface area contributed by atoms with Crippen LogP contribution in [0.1, 0.15) is 31.5 Å². The fourth-order valence-electron chi connectivity index (χ4n) is 2.27. The van der Waals surface area contributed by atoms with Gasteiger partial charge in [0.25, 0.3) is 0 Å². The monoisotopic (exact) mass is 302 g/mol. The Bertz CT molecular complexity index is 712. The summed E-state index contributed by atoms with van der Waals surface area (Å²) in [7, 11) is 0. The number of benzene rings is 1. The van der Waals surface area contributed by atoms with Crippen LogP contribution >= 0.6 is 11.8 Å². The molecule has 3 rings (SSSR count). The van der Waals surface area contributed by atoms with Crippen molar-refractivity contribution in [3.05, 3.63) is 35.9 Å². The zero-order valence-electron chi connectivity index (χ0n) is 12.1. The van der Waals surface area contributed by atoms with Crippen molar-refractivity contribution in [3.63, 3.8) is 0 Å². The van der Waals surface area contributed by atoms with Crippen LogP contribution in [-0.4, -0.2) is 24.7 Å². The molecule has 0 saturated carbocycles. The van der Waals surface area contributed by atoms with Crippen LogP contribution in [0.2, 0.25) is 0 Å². The van der Waals surface area contributed by atoms with Crippen molar-refractivity contribution in [3.8, 4) is 0 Å². The van der Waals surface area contributed by atoms with Crippen molar-refractivity contribution in [2.75, 3.05) is 0 Å². The van der Waals surface area contributed by atoms with Gasteiger partial charge in [-0.3, -0.25) is 0 Å². The maximum atomic E-state index is 5.71. The molecule has 0 bridgehead atoms. The summed E-state index contributed by atoms with van der Waals surface area (Å²) >= 11 is 1.62. The third kappa shape index (κ3) is 2.79. The van der Waals surface area contributed by atoms with E-state index in [0.29, 0.717) is 6.54 Å². The van der Waals surface area contributed by atoms with Crippen molar-refractivity contribution < 1.29 is 0 Å². The topological polar surface area (TPSA) is 85.4 Å². The summed E-state index contributed by atoms with van der Waals surface area (Å²) in [6, 6.07) is 8.31. The van der Waals surface area contributed by atoms with Gasteiger partial charge in [-0.2, -0.15) is 0 Å². The molecule has 1 aromatic carbocycles. The lowest BCUT2D eigenvalue weighted by Crippen LogP contribution is -2.11. The van der Waals surface area contributed by atoms with Gasteiger partial charge in [0.15, 0.2) is 5.16 Å². The third-order valence-electron chi connectivity index (χ3n) is 3.21. The van der Waals surface area contributed by atoms with E-state index in [1.165, 1.54) is 0 Å². The number of hydrogen-bond acceptors (Lipinski definition) is 5. The smallest absolute Gasteiger partial charge is 0.191 e. The third-order valence-corrected chi connectivity index (χ3v) is 4.16. The summed E-state index contributed by atoms with van der Waals surface area (Å²) in [5.41, 5.74) is 7.75. The van der Waals surface area contributed by atoms with Crippen molar-refractivity contribution in [1.82, 2.24) is 24.7 Å². The molecule has 0 atom stereocenters. The first-order valence-electron chi connectivity index (χ1n) is 6.89. The lowest BCUT2D eigenvalue weighted by atomic mass is 10.3. The minimum atomic E-state index is 0.289. The van der Waals surface area contributed by atoms with Gasteiger partial charge in [0.1, 0.15) is 11.6 Å². The van der Waals surface area contributed by atoms with Crippen molar-refractivity contribution >= 4 is 22.8 Å². The zero-order valence-corrected chi connectivity index (χ0v) is 12.9. The number of hydrogen-bond donors (Lipinski definition) is 2. The summed E-state index contributed by atoms with van der Waals surface area (Å²) < 4.78 is 2.08. The molecule has 0 spiro atoms. The first-order chi connectivity index (χ1) is 10.2. The van der Waals surface area contributed by atoms with E-state index in [4.69, 9.17) is 5.73 Å². The fraction of sp³-hybridized carbons (Fsp3) is 0.357. The first-order valence-corrected chi connectivity index (χ1v) is 7.88. The first kappa shape index (κ1) is 14.1. The molecule has 2 aromatic heterocycles. The van der Waals surface area contributed by atoms with E-state index in [1.807, 2.05) is 24.3 Å². The fourth-order valence-corrected chi connectivity index (χ4v) is 3.23. The quantitative estimate of drug-likeness (QED) is 0.707. The molecule has 2 heterocycles. The molecular formula is C14H18N6S. The summed E-state index contributed by atoms with van der Waals surface area (Å²) in [4.78, 5) is 7.89. The second-order valence-electron chi connectivity index (χ2n) is 5.06. The van der Waals surface area contributed by atoms with Crippen LogP contribution in [0.15, 0.2) is 29.4 Å². The lowest BCUT2D eigenvalue weighted by molar-refractivity contribution is 0.526. The van der Waals surface area contributed by atoms with Gasteiger partial charge in [-0.15, -0.1) is 10.2 Å². The van der Waals surface area contributed by atoms with Crippen LogP contribution in [0.3, 0.4) is 0 Å². The largest absolute Gasteiger partial charge is 0.341 e. The maximum Gasteiger partial charge on any atom is 0.191 e. The van der Waals surface area contributed by atoms with Crippen LogP contribution in [0.4, 0.5) is 0 Å². The van der Waals surface area contributed by atoms with Gasteiger partial charge in [-0.05, 0) is 26.0 Å². The SMILES string of the molecule is CC(C)n1c(CN)nnc1SCc1nc2ccccc2[nH]1. The molecule has 0 aliphatic carbocycles. The standard InChI is InChI=1S/C14H18N6S/c1-9(2)20-13(7-15)18-19-14(20)21-8-12-16-10-5-3-4-6-11(10)17-12/h3-6,9H,7-8,15H2,1-2H3,(H,16,17). The Morgan fingerprint density at radius 1 is 1.29 bits per heavy atom. The van der Waals surface area contributed by atoms with E-state index in [1.54, 1.807) is 11.8 Å². The van der Waals surface area contributed by atoms with Gasteiger partial charge in [0.2, 0.25) is 0 Å².